The van der Waals surface area contributed by atoms with Crippen molar-refractivity contribution < 1.29 is 13.9 Å². The van der Waals surface area contributed by atoms with Gasteiger partial charge in [0.05, 0.1) is 30.6 Å². The first kappa shape index (κ1) is 13.2. The summed E-state index contributed by atoms with van der Waals surface area (Å²) >= 11 is 0. The highest BCUT2D eigenvalue weighted by atomic mass is 16.5. The third-order valence-corrected chi connectivity index (χ3v) is 4.96. The number of nitrogens with zero attached hydrogens (tertiary/aromatic N) is 1. The molecule has 0 radical (unpaired) electrons. The van der Waals surface area contributed by atoms with E-state index in [1.165, 1.54) is 0 Å². The molecule has 5 heteroatoms. The fraction of sp³-hybridized carbons (Fsp3) is 0.688. The maximum absolute atomic E-state index is 12.7. The highest BCUT2D eigenvalue weighted by molar-refractivity contribution is 5.76. The van der Waals surface area contributed by atoms with E-state index >= 15 is 0 Å². The second-order valence-corrected chi connectivity index (χ2v) is 6.50. The van der Waals surface area contributed by atoms with Gasteiger partial charge in [0, 0.05) is 6.04 Å². The Morgan fingerprint density at radius 3 is 2.81 bits per heavy atom. The van der Waals surface area contributed by atoms with Gasteiger partial charge < -0.3 is 19.4 Å². The monoisotopic (exact) mass is 290 g/mol. The molecular formula is C16H22N2O3. The van der Waals surface area contributed by atoms with Gasteiger partial charge in [-0.1, -0.05) is 0 Å². The molecule has 3 heterocycles. The molecule has 5 nitrogen and oxygen atoms in total. The van der Waals surface area contributed by atoms with Gasteiger partial charge in [0.25, 0.3) is 0 Å². The van der Waals surface area contributed by atoms with Crippen molar-refractivity contribution in [3.05, 3.63) is 24.2 Å². The Morgan fingerprint density at radius 1 is 1.38 bits per heavy atom. The minimum absolute atomic E-state index is 0.0213. The molecular weight excluding hydrogens is 268 g/mol. The number of rotatable bonds is 4. The molecule has 0 aromatic carbocycles. The van der Waals surface area contributed by atoms with Crippen LogP contribution in [-0.4, -0.2) is 35.2 Å². The SMILES string of the molecule is CC(c1ccco1)N(C(=O)NC1CC2CCC1O2)C1CC1. The van der Waals surface area contributed by atoms with E-state index in [9.17, 15) is 4.79 Å². The predicted octanol–water partition coefficient (Wildman–Crippen LogP) is 2.83. The molecule has 4 atom stereocenters. The lowest BCUT2D eigenvalue weighted by atomic mass is 9.96. The summed E-state index contributed by atoms with van der Waals surface area (Å²) in [6.45, 7) is 2.04. The van der Waals surface area contributed by atoms with Crippen LogP contribution in [0.3, 0.4) is 0 Å². The largest absolute Gasteiger partial charge is 0.467 e. The van der Waals surface area contributed by atoms with Crippen LogP contribution in [0.15, 0.2) is 22.8 Å². The average molecular weight is 290 g/mol. The maximum Gasteiger partial charge on any atom is 0.318 e. The number of furan rings is 1. The molecule has 2 bridgehead atoms. The molecule has 3 fully saturated rings. The lowest BCUT2D eigenvalue weighted by molar-refractivity contribution is 0.0958. The molecule has 1 aromatic heterocycles. The third-order valence-electron chi connectivity index (χ3n) is 4.96. The zero-order valence-electron chi connectivity index (χ0n) is 12.3. The number of nitrogens with one attached hydrogen (secondary N) is 1. The molecule has 1 saturated carbocycles. The molecule has 2 saturated heterocycles. The van der Waals surface area contributed by atoms with E-state index in [1.54, 1.807) is 6.26 Å². The van der Waals surface area contributed by atoms with Crippen LogP contribution in [0.1, 0.15) is 50.8 Å². The summed E-state index contributed by atoms with van der Waals surface area (Å²) in [6.07, 6.45) is 7.61. The number of fused-ring (bicyclic) bond motifs is 2. The average Bonchev–Trinajstić information content (AvgIpc) is 2.94. The molecule has 1 N–H and O–H groups in total. The van der Waals surface area contributed by atoms with Gasteiger partial charge in [0.15, 0.2) is 0 Å². The van der Waals surface area contributed by atoms with Crippen molar-refractivity contribution in [3.63, 3.8) is 0 Å². The van der Waals surface area contributed by atoms with E-state index in [4.69, 9.17) is 9.15 Å². The van der Waals surface area contributed by atoms with Crippen LogP contribution in [0.5, 0.6) is 0 Å². The van der Waals surface area contributed by atoms with Crippen molar-refractivity contribution in [1.29, 1.82) is 0 Å². The van der Waals surface area contributed by atoms with Crippen molar-refractivity contribution in [2.75, 3.05) is 0 Å². The van der Waals surface area contributed by atoms with Gasteiger partial charge in [-0.15, -0.1) is 0 Å². The number of amides is 2. The van der Waals surface area contributed by atoms with Gasteiger partial charge in [0.1, 0.15) is 5.76 Å². The Labute approximate surface area is 124 Å². The van der Waals surface area contributed by atoms with Crippen LogP contribution < -0.4 is 5.32 Å². The minimum Gasteiger partial charge on any atom is -0.467 e. The molecule has 3 aliphatic rings. The Balaban J connectivity index is 1.45. The molecule has 2 amide bonds. The van der Waals surface area contributed by atoms with Crippen molar-refractivity contribution >= 4 is 6.03 Å². The Bertz CT molecular complexity index is 512. The molecule has 4 rings (SSSR count). The van der Waals surface area contributed by atoms with Crippen LogP contribution in [0.25, 0.3) is 0 Å². The van der Waals surface area contributed by atoms with E-state index in [-0.39, 0.29) is 24.2 Å². The van der Waals surface area contributed by atoms with Gasteiger partial charge in [-0.05, 0) is 51.2 Å². The van der Waals surface area contributed by atoms with Crippen LogP contribution in [-0.2, 0) is 4.74 Å². The first-order chi connectivity index (χ1) is 10.2. The number of hydrogen-bond acceptors (Lipinski definition) is 3. The minimum atomic E-state index is -0.0213. The van der Waals surface area contributed by atoms with Crippen LogP contribution >= 0.6 is 0 Å². The van der Waals surface area contributed by atoms with Gasteiger partial charge in [0.2, 0.25) is 0 Å². The summed E-state index contributed by atoms with van der Waals surface area (Å²) in [5.41, 5.74) is 0. The number of ether oxygens (including phenoxy) is 1. The smallest absolute Gasteiger partial charge is 0.318 e. The zero-order chi connectivity index (χ0) is 14.4. The van der Waals surface area contributed by atoms with Gasteiger partial charge in [-0.3, -0.25) is 0 Å². The summed E-state index contributed by atoms with van der Waals surface area (Å²) in [5.74, 6) is 0.848. The summed E-state index contributed by atoms with van der Waals surface area (Å²) < 4.78 is 11.3. The highest BCUT2D eigenvalue weighted by Gasteiger charge is 2.44. The summed E-state index contributed by atoms with van der Waals surface area (Å²) in [7, 11) is 0. The third kappa shape index (κ3) is 2.44. The number of carbonyl (C=O) groups excluding carboxylic acids is 1. The van der Waals surface area contributed by atoms with E-state index < -0.39 is 0 Å². The Hall–Kier alpha value is -1.49. The molecule has 2 aliphatic heterocycles. The van der Waals surface area contributed by atoms with Gasteiger partial charge in [-0.25, -0.2) is 4.79 Å². The molecule has 1 aliphatic carbocycles. The number of carbonyl (C=O) groups is 1. The van der Waals surface area contributed by atoms with E-state index in [2.05, 4.69) is 5.32 Å². The van der Waals surface area contributed by atoms with Gasteiger partial charge >= 0.3 is 6.03 Å². The zero-order valence-corrected chi connectivity index (χ0v) is 12.3. The van der Waals surface area contributed by atoms with Crippen LogP contribution in [0.2, 0.25) is 0 Å². The van der Waals surface area contributed by atoms with E-state index in [0.717, 1.165) is 37.9 Å². The summed E-state index contributed by atoms with van der Waals surface area (Å²) in [5, 5.41) is 3.19. The predicted molar refractivity (Wildman–Crippen MR) is 76.8 cm³/mol. The Morgan fingerprint density at radius 2 is 2.24 bits per heavy atom. The van der Waals surface area contributed by atoms with Crippen LogP contribution in [0, 0.1) is 0 Å². The molecule has 21 heavy (non-hydrogen) atoms. The second kappa shape index (κ2) is 5.05. The molecule has 4 unspecified atom stereocenters. The Kier molecular flexibility index (Phi) is 3.17. The maximum atomic E-state index is 12.7. The summed E-state index contributed by atoms with van der Waals surface area (Å²) in [6, 6.07) is 4.35. The molecule has 1 aromatic rings. The second-order valence-electron chi connectivity index (χ2n) is 6.50. The fourth-order valence-electron chi connectivity index (χ4n) is 3.70. The fourth-order valence-corrected chi connectivity index (χ4v) is 3.70. The molecule has 0 spiro atoms. The standard InChI is InChI=1S/C16H22N2O3/c1-10(14-3-2-8-20-14)18(11-4-5-11)16(19)17-13-9-12-6-7-15(13)21-12/h2-3,8,10-13,15H,4-7,9H2,1H3,(H,17,19). The van der Waals surface area contributed by atoms with Crippen LogP contribution in [0.4, 0.5) is 4.79 Å². The normalized spacial score (nSPS) is 32.1. The number of hydrogen-bond donors (Lipinski definition) is 1. The van der Waals surface area contributed by atoms with Crippen molar-refractivity contribution in [3.8, 4) is 0 Å². The van der Waals surface area contributed by atoms with Gasteiger partial charge in [-0.2, -0.15) is 0 Å². The summed E-state index contributed by atoms with van der Waals surface area (Å²) in [4.78, 5) is 14.7. The quantitative estimate of drug-likeness (QED) is 0.927. The van der Waals surface area contributed by atoms with E-state index in [1.807, 2.05) is 24.0 Å². The van der Waals surface area contributed by atoms with E-state index in [0.29, 0.717) is 12.1 Å². The van der Waals surface area contributed by atoms with Crippen molar-refractivity contribution in [2.45, 2.75) is 69.4 Å². The van der Waals surface area contributed by atoms with Crippen molar-refractivity contribution in [2.24, 2.45) is 0 Å². The highest BCUT2D eigenvalue weighted by Crippen LogP contribution is 2.37. The first-order valence-corrected chi connectivity index (χ1v) is 8.00. The number of urea groups is 1. The lowest BCUT2D eigenvalue weighted by Crippen LogP contribution is -2.49. The molecule has 114 valence electrons. The van der Waals surface area contributed by atoms with Crippen molar-refractivity contribution in [1.82, 2.24) is 10.2 Å². The lowest BCUT2D eigenvalue weighted by Gasteiger charge is -2.31. The first-order valence-electron chi connectivity index (χ1n) is 8.00. The topological polar surface area (TPSA) is 54.7 Å².